The van der Waals surface area contributed by atoms with Gasteiger partial charge in [0.1, 0.15) is 16.8 Å². The number of benzene rings is 2. The van der Waals surface area contributed by atoms with Crippen LogP contribution in [0.4, 0.5) is 10.1 Å². The third-order valence-electron chi connectivity index (χ3n) is 5.81. The quantitative estimate of drug-likeness (QED) is 0.397. The molecule has 0 radical (unpaired) electrons. The van der Waals surface area contributed by atoms with E-state index in [9.17, 15) is 23.6 Å². The molecule has 3 atom stereocenters. The number of anilines is 1. The lowest BCUT2D eigenvalue weighted by Crippen LogP contribution is -2.32. The summed E-state index contributed by atoms with van der Waals surface area (Å²) in [5.41, 5.74) is 0.851. The molecule has 1 aromatic heterocycles. The molecule has 2 amide bonds. The maximum absolute atomic E-state index is 13.7. The van der Waals surface area contributed by atoms with E-state index in [2.05, 4.69) is 4.98 Å². The zero-order valence-corrected chi connectivity index (χ0v) is 20.0. The summed E-state index contributed by atoms with van der Waals surface area (Å²) in [5.74, 6) is -3.06. The Hall–Kier alpha value is -3.44. The van der Waals surface area contributed by atoms with E-state index in [-0.39, 0.29) is 23.8 Å². The van der Waals surface area contributed by atoms with Crippen LogP contribution in [-0.2, 0) is 19.1 Å². The van der Waals surface area contributed by atoms with Crippen molar-refractivity contribution in [2.75, 3.05) is 18.1 Å². The van der Waals surface area contributed by atoms with Gasteiger partial charge in [-0.15, -0.1) is 0 Å². The second-order valence-corrected chi connectivity index (χ2v) is 10.0. The minimum atomic E-state index is -0.830. The largest absolute Gasteiger partial charge is 0.482 e. The number of aromatic nitrogens is 1. The number of nitrogens with zero attached hydrogens (tertiary/aromatic N) is 1. The molecule has 35 heavy (non-hydrogen) atoms. The first kappa shape index (κ1) is 23.3. The van der Waals surface area contributed by atoms with Crippen molar-refractivity contribution in [3.8, 4) is 5.75 Å². The zero-order valence-electron chi connectivity index (χ0n) is 18.4. The summed E-state index contributed by atoms with van der Waals surface area (Å²) in [4.78, 5) is 55.4. The number of hydrogen-bond donors (Lipinski definition) is 1. The third kappa shape index (κ3) is 4.14. The lowest BCUT2D eigenvalue weighted by Gasteiger charge is -2.30. The molecule has 3 aromatic rings. The molecule has 2 unspecified atom stereocenters. The monoisotopic (exact) mass is 514 g/mol. The number of ether oxygens (including phenoxy) is 2. The number of aromatic amines is 1. The molecule has 1 saturated heterocycles. The Labute approximate surface area is 207 Å². The van der Waals surface area contributed by atoms with Crippen LogP contribution < -0.4 is 14.5 Å². The van der Waals surface area contributed by atoms with E-state index in [1.165, 1.54) is 24.3 Å². The van der Waals surface area contributed by atoms with Crippen LogP contribution >= 0.6 is 23.1 Å². The molecule has 0 bridgehead atoms. The first-order chi connectivity index (χ1) is 16.9. The van der Waals surface area contributed by atoms with Gasteiger partial charge in [-0.2, -0.15) is 0 Å². The van der Waals surface area contributed by atoms with E-state index in [1.54, 1.807) is 31.2 Å². The average Bonchev–Trinajstić information content (AvgIpc) is 3.33. The number of H-pyrrole nitrogens is 1. The molecule has 1 N–H and O–H groups in total. The van der Waals surface area contributed by atoms with E-state index in [1.807, 2.05) is 0 Å². The number of imide groups is 1. The highest BCUT2D eigenvalue weighted by atomic mass is 32.2. The SMILES string of the molecule is CCOC(=O)COc1ccccc1[C@H]1c2sc(=O)[nH]c2SC2C(=O)N(c3ccc(F)cc3)C(=O)C21. The van der Waals surface area contributed by atoms with Gasteiger partial charge >= 0.3 is 10.8 Å². The van der Waals surface area contributed by atoms with Gasteiger partial charge in [-0.05, 0) is 37.3 Å². The fourth-order valence-corrected chi connectivity index (χ4v) is 6.91. The van der Waals surface area contributed by atoms with Crippen molar-refractivity contribution in [3.63, 3.8) is 0 Å². The Morgan fingerprint density at radius 2 is 1.83 bits per heavy atom. The molecule has 180 valence electrons. The Morgan fingerprint density at radius 1 is 1.09 bits per heavy atom. The summed E-state index contributed by atoms with van der Waals surface area (Å²) in [6.07, 6.45) is 0. The van der Waals surface area contributed by atoms with Crippen molar-refractivity contribution in [2.24, 2.45) is 5.92 Å². The number of esters is 1. The van der Waals surface area contributed by atoms with Crippen LogP contribution in [0.1, 0.15) is 23.3 Å². The predicted molar refractivity (Wildman–Crippen MR) is 127 cm³/mol. The molecule has 5 rings (SSSR count). The predicted octanol–water partition coefficient (Wildman–Crippen LogP) is 3.31. The van der Waals surface area contributed by atoms with Gasteiger partial charge in [-0.3, -0.25) is 14.4 Å². The Balaban J connectivity index is 1.58. The summed E-state index contributed by atoms with van der Waals surface area (Å²) in [6.45, 7) is 1.58. The van der Waals surface area contributed by atoms with Crippen LogP contribution in [0, 0.1) is 11.7 Å². The van der Waals surface area contributed by atoms with Crippen LogP contribution in [0.25, 0.3) is 0 Å². The molecule has 1 fully saturated rings. The summed E-state index contributed by atoms with van der Waals surface area (Å²) >= 11 is 2.12. The summed E-state index contributed by atoms with van der Waals surface area (Å²) < 4.78 is 24.2. The second-order valence-electron chi connectivity index (χ2n) is 7.87. The number of fused-ring (bicyclic) bond motifs is 2. The highest BCUT2D eigenvalue weighted by Crippen LogP contribution is 2.54. The molecule has 2 aliphatic heterocycles. The van der Waals surface area contributed by atoms with Gasteiger partial charge in [-0.1, -0.05) is 41.3 Å². The zero-order chi connectivity index (χ0) is 24.7. The standard InChI is InChI=1S/C24H19FN2O6S2/c1-2-32-16(28)11-33-15-6-4-3-5-14(15)17-18-20(34-21-19(17)35-24(31)26-21)23(30)27(22(18)29)13-9-7-12(25)8-10-13/h3-10,17-18,20H,2,11H2,1H3,(H,26,31)/t17-,18?,20?/m1/s1. The summed E-state index contributed by atoms with van der Waals surface area (Å²) in [5, 5.41) is -0.276. The average molecular weight is 515 g/mol. The Kier molecular flexibility index (Phi) is 6.20. The van der Waals surface area contributed by atoms with Gasteiger partial charge in [0.25, 0.3) is 0 Å². The van der Waals surface area contributed by atoms with E-state index < -0.39 is 40.7 Å². The Morgan fingerprint density at radius 3 is 2.57 bits per heavy atom. The molecule has 0 aliphatic carbocycles. The number of rotatable bonds is 6. The molecular weight excluding hydrogens is 495 g/mol. The van der Waals surface area contributed by atoms with Gasteiger partial charge in [0.2, 0.25) is 11.8 Å². The van der Waals surface area contributed by atoms with Crippen LogP contribution in [0.3, 0.4) is 0 Å². The van der Waals surface area contributed by atoms with Crippen molar-refractivity contribution < 1.29 is 28.2 Å². The highest BCUT2D eigenvalue weighted by Gasteiger charge is 2.56. The number of halogens is 1. The first-order valence-electron chi connectivity index (χ1n) is 10.8. The minimum Gasteiger partial charge on any atom is -0.482 e. The fourth-order valence-electron chi connectivity index (χ4n) is 4.41. The molecule has 0 saturated carbocycles. The van der Waals surface area contributed by atoms with Crippen molar-refractivity contribution >= 4 is 46.6 Å². The summed E-state index contributed by atoms with van der Waals surface area (Å²) in [6, 6.07) is 12.1. The van der Waals surface area contributed by atoms with E-state index >= 15 is 0 Å². The number of nitrogens with one attached hydrogen (secondary N) is 1. The highest BCUT2D eigenvalue weighted by molar-refractivity contribution is 8.00. The number of thioether (sulfide) groups is 1. The van der Waals surface area contributed by atoms with Crippen LogP contribution in [0.5, 0.6) is 5.75 Å². The van der Waals surface area contributed by atoms with Gasteiger partial charge in [-0.25, -0.2) is 14.1 Å². The minimum absolute atomic E-state index is 0.212. The number of carbonyl (C=O) groups excluding carboxylic acids is 3. The van der Waals surface area contributed by atoms with Gasteiger partial charge in [0.05, 0.1) is 23.2 Å². The molecule has 8 nitrogen and oxygen atoms in total. The van der Waals surface area contributed by atoms with Crippen molar-refractivity contribution in [1.29, 1.82) is 0 Å². The van der Waals surface area contributed by atoms with E-state index in [0.717, 1.165) is 28.0 Å². The van der Waals surface area contributed by atoms with Gasteiger partial charge in [0.15, 0.2) is 6.61 Å². The van der Waals surface area contributed by atoms with E-state index in [0.29, 0.717) is 21.2 Å². The van der Waals surface area contributed by atoms with Gasteiger partial charge in [0, 0.05) is 16.4 Å². The lowest BCUT2D eigenvalue weighted by atomic mass is 9.82. The van der Waals surface area contributed by atoms with Crippen molar-refractivity contribution in [3.05, 3.63) is 74.5 Å². The Bertz CT molecular complexity index is 1370. The molecule has 2 aromatic carbocycles. The molecular formula is C24H19FN2O6S2. The second kappa shape index (κ2) is 9.31. The van der Waals surface area contributed by atoms with Crippen molar-refractivity contribution in [2.45, 2.75) is 23.1 Å². The maximum Gasteiger partial charge on any atom is 0.344 e. The van der Waals surface area contributed by atoms with Gasteiger partial charge < -0.3 is 14.5 Å². The first-order valence-corrected chi connectivity index (χ1v) is 12.5. The van der Waals surface area contributed by atoms with Crippen LogP contribution in [0.15, 0.2) is 58.4 Å². The molecule has 0 spiro atoms. The molecule has 11 heteroatoms. The summed E-state index contributed by atoms with van der Waals surface area (Å²) in [7, 11) is 0. The van der Waals surface area contributed by atoms with Crippen LogP contribution in [0.2, 0.25) is 0 Å². The number of carbonyl (C=O) groups is 3. The third-order valence-corrected chi connectivity index (χ3v) is 8.21. The number of para-hydroxylation sites is 1. The fraction of sp³-hybridized carbons (Fsp3) is 0.250. The van der Waals surface area contributed by atoms with E-state index in [4.69, 9.17) is 9.47 Å². The molecule has 3 heterocycles. The maximum atomic E-state index is 13.7. The number of hydrogen-bond acceptors (Lipinski definition) is 8. The lowest BCUT2D eigenvalue weighted by molar-refractivity contribution is -0.145. The normalized spacial score (nSPS) is 21.0. The topological polar surface area (TPSA) is 106 Å². The number of thiazole rings is 1. The number of amides is 2. The van der Waals surface area contributed by atoms with Crippen LogP contribution in [-0.4, -0.2) is 41.2 Å². The smallest absolute Gasteiger partial charge is 0.344 e. The van der Waals surface area contributed by atoms with Crippen molar-refractivity contribution in [1.82, 2.24) is 4.98 Å². The molecule has 2 aliphatic rings.